The van der Waals surface area contributed by atoms with Crippen molar-refractivity contribution >= 4 is 21.8 Å². The van der Waals surface area contributed by atoms with E-state index in [1.54, 1.807) is 26.6 Å². The van der Waals surface area contributed by atoms with Crippen molar-refractivity contribution in [3.8, 4) is 22.6 Å². The van der Waals surface area contributed by atoms with Gasteiger partial charge in [0.25, 0.3) is 0 Å². The molecule has 4 nitrogen and oxygen atoms in total. The first kappa shape index (κ1) is 14.5. The number of rotatable bonds is 3. The molecule has 24 heavy (non-hydrogen) atoms. The largest absolute Gasteiger partial charge is 0.496 e. The molecule has 0 aliphatic rings. The van der Waals surface area contributed by atoms with Crippen LogP contribution in [0.25, 0.3) is 32.9 Å². The summed E-state index contributed by atoms with van der Waals surface area (Å²) in [5, 5.41) is 1.97. The molecule has 0 unspecified atom stereocenters. The van der Waals surface area contributed by atoms with Gasteiger partial charge in [0.2, 0.25) is 0 Å². The minimum atomic E-state index is 0.813. The quantitative estimate of drug-likeness (QED) is 0.559. The van der Waals surface area contributed by atoms with Crippen molar-refractivity contribution in [2.45, 2.75) is 0 Å². The van der Waals surface area contributed by atoms with Crippen LogP contribution in [0, 0.1) is 0 Å². The lowest BCUT2D eigenvalue weighted by molar-refractivity contribution is 0.419. The average Bonchev–Trinajstić information content (AvgIpc) is 2.66. The van der Waals surface area contributed by atoms with Gasteiger partial charge in [-0.1, -0.05) is 0 Å². The van der Waals surface area contributed by atoms with E-state index in [0.29, 0.717) is 0 Å². The van der Waals surface area contributed by atoms with E-state index in [0.717, 1.165) is 44.4 Å². The van der Waals surface area contributed by atoms with Crippen molar-refractivity contribution in [2.24, 2.45) is 0 Å². The molecule has 0 fully saturated rings. The molecular formula is C20H16N2O2. The molecule has 118 valence electrons. The topological polar surface area (TPSA) is 44.2 Å². The summed E-state index contributed by atoms with van der Waals surface area (Å²) in [7, 11) is 3.34. The second-order valence-electron chi connectivity index (χ2n) is 5.43. The van der Waals surface area contributed by atoms with Gasteiger partial charge in [-0.25, -0.2) is 0 Å². The molecule has 4 rings (SSSR count). The maximum atomic E-state index is 5.47. The molecule has 0 aliphatic heterocycles. The highest BCUT2D eigenvalue weighted by Gasteiger charge is 2.14. The van der Waals surface area contributed by atoms with Crippen molar-refractivity contribution in [1.82, 2.24) is 9.97 Å². The highest BCUT2D eigenvalue weighted by Crippen LogP contribution is 2.38. The minimum absolute atomic E-state index is 0.813. The first-order valence-electron chi connectivity index (χ1n) is 7.67. The van der Waals surface area contributed by atoms with E-state index in [-0.39, 0.29) is 0 Å². The van der Waals surface area contributed by atoms with Crippen molar-refractivity contribution < 1.29 is 9.47 Å². The summed E-state index contributed by atoms with van der Waals surface area (Å²) in [4.78, 5) is 9.15. The zero-order valence-electron chi connectivity index (χ0n) is 13.5. The molecule has 0 atom stereocenters. The first-order valence-corrected chi connectivity index (χ1v) is 7.67. The molecule has 4 aromatic rings. The van der Waals surface area contributed by atoms with Crippen LogP contribution in [0.5, 0.6) is 11.5 Å². The Balaban J connectivity index is 2.08. The molecule has 0 amide bonds. The van der Waals surface area contributed by atoms with Gasteiger partial charge in [-0.2, -0.15) is 0 Å². The number of nitrogens with zero attached hydrogens (tertiary/aromatic N) is 2. The highest BCUT2D eigenvalue weighted by atomic mass is 16.5. The van der Waals surface area contributed by atoms with Crippen molar-refractivity contribution in [1.29, 1.82) is 0 Å². The Morgan fingerprint density at radius 3 is 1.50 bits per heavy atom. The zero-order chi connectivity index (χ0) is 16.5. The molecule has 0 radical (unpaired) electrons. The fourth-order valence-corrected chi connectivity index (χ4v) is 3.08. The number of ether oxygens (including phenoxy) is 2. The Morgan fingerprint density at radius 2 is 1.08 bits per heavy atom. The molecule has 0 bridgehead atoms. The molecule has 4 heteroatoms. The Hall–Kier alpha value is -3.14. The van der Waals surface area contributed by atoms with E-state index in [9.17, 15) is 0 Å². The summed E-state index contributed by atoms with van der Waals surface area (Å²) in [5.41, 5.74) is 3.85. The van der Waals surface area contributed by atoms with Gasteiger partial charge in [0.1, 0.15) is 11.5 Å². The van der Waals surface area contributed by atoms with Gasteiger partial charge in [-0.3, -0.25) is 9.97 Å². The van der Waals surface area contributed by atoms with Crippen LogP contribution in [0.2, 0.25) is 0 Å². The SMILES string of the molecule is COc1ccc(-c2ccc(OC)c3cccnc23)c2ncccc12. The second-order valence-corrected chi connectivity index (χ2v) is 5.43. The molecule has 2 aromatic heterocycles. The van der Waals surface area contributed by atoms with Gasteiger partial charge < -0.3 is 9.47 Å². The fraction of sp³-hybridized carbons (Fsp3) is 0.100. The molecule has 0 spiro atoms. The van der Waals surface area contributed by atoms with E-state index in [1.165, 1.54) is 0 Å². The van der Waals surface area contributed by atoms with E-state index in [1.807, 2.05) is 48.5 Å². The van der Waals surface area contributed by atoms with Crippen LogP contribution in [0.15, 0.2) is 60.9 Å². The summed E-state index contributed by atoms with van der Waals surface area (Å²) >= 11 is 0. The van der Waals surface area contributed by atoms with Crippen LogP contribution < -0.4 is 9.47 Å². The van der Waals surface area contributed by atoms with Gasteiger partial charge in [-0.15, -0.1) is 0 Å². The second kappa shape index (κ2) is 5.81. The number of aromatic nitrogens is 2. The van der Waals surface area contributed by atoms with Crippen LogP contribution in [-0.2, 0) is 0 Å². The van der Waals surface area contributed by atoms with Crippen molar-refractivity contribution in [3.05, 3.63) is 60.9 Å². The third-order valence-electron chi connectivity index (χ3n) is 4.19. The number of pyridine rings is 2. The van der Waals surface area contributed by atoms with E-state index < -0.39 is 0 Å². The van der Waals surface area contributed by atoms with Crippen LogP contribution in [0.4, 0.5) is 0 Å². The van der Waals surface area contributed by atoms with Crippen LogP contribution in [0.3, 0.4) is 0 Å². The van der Waals surface area contributed by atoms with Crippen LogP contribution in [0.1, 0.15) is 0 Å². The molecule has 0 aliphatic carbocycles. The molecule has 2 heterocycles. The molecule has 0 saturated heterocycles. The average molecular weight is 316 g/mol. The van der Waals surface area contributed by atoms with E-state index in [4.69, 9.17) is 9.47 Å². The van der Waals surface area contributed by atoms with Gasteiger partial charge in [0.15, 0.2) is 0 Å². The minimum Gasteiger partial charge on any atom is -0.496 e. The molecule has 0 N–H and O–H groups in total. The summed E-state index contributed by atoms with van der Waals surface area (Å²) in [6.45, 7) is 0. The predicted octanol–water partition coefficient (Wildman–Crippen LogP) is 4.47. The van der Waals surface area contributed by atoms with Gasteiger partial charge in [0, 0.05) is 34.3 Å². The number of benzene rings is 2. The maximum absolute atomic E-state index is 5.47. The number of fused-ring (bicyclic) bond motifs is 2. The third kappa shape index (κ3) is 2.15. The molecule has 0 saturated carbocycles. The Bertz CT molecular complexity index is 959. The smallest absolute Gasteiger partial charge is 0.128 e. The lowest BCUT2D eigenvalue weighted by Gasteiger charge is -2.13. The fourth-order valence-electron chi connectivity index (χ4n) is 3.08. The van der Waals surface area contributed by atoms with Crippen LogP contribution in [-0.4, -0.2) is 24.2 Å². The summed E-state index contributed by atoms with van der Waals surface area (Å²) < 4.78 is 10.9. The zero-order valence-corrected chi connectivity index (χ0v) is 13.5. The third-order valence-corrected chi connectivity index (χ3v) is 4.19. The van der Waals surface area contributed by atoms with Crippen molar-refractivity contribution in [2.75, 3.05) is 14.2 Å². The maximum Gasteiger partial charge on any atom is 0.128 e. The Kier molecular flexibility index (Phi) is 3.50. The van der Waals surface area contributed by atoms with Gasteiger partial charge >= 0.3 is 0 Å². The standard InChI is InChI=1S/C20H16N2O2/c1-23-17-9-7-13(19-15(17)5-3-11-21-19)14-8-10-18(24-2)16-6-4-12-22-20(14)16/h3-12H,1-2H3. The van der Waals surface area contributed by atoms with Gasteiger partial charge in [0.05, 0.1) is 25.3 Å². The monoisotopic (exact) mass is 316 g/mol. The van der Waals surface area contributed by atoms with Crippen LogP contribution >= 0.6 is 0 Å². The number of hydrogen-bond acceptors (Lipinski definition) is 4. The number of methoxy groups -OCH3 is 2. The van der Waals surface area contributed by atoms with Gasteiger partial charge in [-0.05, 0) is 48.5 Å². The summed E-state index contributed by atoms with van der Waals surface area (Å²) in [5.74, 6) is 1.63. The normalized spacial score (nSPS) is 10.9. The highest BCUT2D eigenvalue weighted by molar-refractivity contribution is 6.05. The first-order chi connectivity index (χ1) is 11.8. The number of hydrogen-bond donors (Lipinski definition) is 0. The molecular weight excluding hydrogens is 300 g/mol. The Morgan fingerprint density at radius 1 is 0.625 bits per heavy atom. The summed E-state index contributed by atoms with van der Waals surface area (Å²) in [6.07, 6.45) is 3.59. The lowest BCUT2D eigenvalue weighted by atomic mass is 9.98. The summed E-state index contributed by atoms with van der Waals surface area (Å²) in [6, 6.07) is 15.9. The Labute approximate surface area is 139 Å². The van der Waals surface area contributed by atoms with E-state index in [2.05, 4.69) is 9.97 Å². The molecule has 2 aromatic carbocycles. The van der Waals surface area contributed by atoms with E-state index >= 15 is 0 Å². The lowest BCUT2D eigenvalue weighted by Crippen LogP contribution is -1.93. The van der Waals surface area contributed by atoms with Crippen molar-refractivity contribution in [3.63, 3.8) is 0 Å². The predicted molar refractivity (Wildman–Crippen MR) is 95.6 cm³/mol.